The summed E-state index contributed by atoms with van der Waals surface area (Å²) in [6.07, 6.45) is 2.74. The Labute approximate surface area is 107 Å². The molecule has 0 spiro atoms. The second kappa shape index (κ2) is 5.17. The lowest BCUT2D eigenvalue weighted by atomic mass is 10.2. The standard InChI is InChI=1S/C12H18N6/c1-8(2)10-15-11(14)17-12(16-10)18(7-3-6-13)9-4-5-9/h8-9H,3-5,7H2,1-2H3,(H2,14,15,16,17). The average Bonchev–Trinajstić information content (AvgIpc) is 3.13. The first-order chi connectivity index (χ1) is 8.61. The van der Waals surface area contributed by atoms with Gasteiger partial charge in [-0.3, -0.25) is 0 Å². The Bertz CT molecular complexity index is 460. The molecule has 18 heavy (non-hydrogen) atoms. The third-order valence-corrected chi connectivity index (χ3v) is 2.88. The van der Waals surface area contributed by atoms with Crippen molar-refractivity contribution in [3.63, 3.8) is 0 Å². The maximum atomic E-state index is 8.71. The molecular formula is C12H18N6. The number of aromatic nitrogens is 3. The number of hydrogen-bond acceptors (Lipinski definition) is 6. The zero-order valence-electron chi connectivity index (χ0n) is 10.8. The quantitative estimate of drug-likeness (QED) is 0.845. The van der Waals surface area contributed by atoms with Crippen molar-refractivity contribution in [2.24, 2.45) is 0 Å². The number of anilines is 2. The Hall–Kier alpha value is -1.90. The van der Waals surface area contributed by atoms with E-state index < -0.39 is 0 Å². The van der Waals surface area contributed by atoms with Crippen LogP contribution in [0.3, 0.4) is 0 Å². The van der Waals surface area contributed by atoms with Gasteiger partial charge in [-0.15, -0.1) is 0 Å². The van der Waals surface area contributed by atoms with E-state index in [0.29, 0.717) is 30.8 Å². The highest BCUT2D eigenvalue weighted by atomic mass is 15.3. The predicted octanol–water partition coefficient (Wildman–Crippen LogP) is 1.46. The zero-order chi connectivity index (χ0) is 13.1. The molecular weight excluding hydrogens is 228 g/mol. The number of nitrogens with zero attached hydrogens (tertiary/aromatic N) is 5. The smallest absolute Gasteiger partial charge is 0.230 e. The highest BCUT2D eigenvalue weighted by Gasteiger charge is 2.31. The summed E-state index contributed by atoms with van der Waals surface area (Å²) in [7, 11) is 0. The number of nitriles is 1. The molecule has 1 aliphatic carbocycles. The van der Waals surface area contributed by atoms with Crippen molar-refractivity contribution >= 4 is 11.9 Å². The normalized spacial score (nSPS) is 14.6. The number of rotatable bonds is 5. The lowest BCUT2D eigenvalue weighted by molar-refractivity contribution is 0.716. The summed E-state index contributed by atoms with van der Waals surface area (Å²) in [5.41, 5.74) is 5.73. The van der Waals surface area contributed by atoms with Crippen LogP contribution in [0.25, 0.3) is 0 Å². The second-order valence-electron chi connectivity index (χ2n) is 4.84. The van der Waals surface area contributed by atoms with E-state index in [2.05, 4.69) is 25.9 Å². The molecule has 2 N–H and O–H groups in total. The number of nitrogen functional groups attached to an aromatic ring is 1. The van der Waals surface area contributed by atoms with Gasteiger partial charge in [0.15, 0.2) is 0 Å². The molecule has 6 nitrogen and oxygen atoms in total. The van der Waals surface area contributed by atoms with Crippen molar-refractivity contribution < 1.29 is 0 Å². The van der Waals surface area contributed by atoms with E-state index in [1.165, 1.54) is 0 Å². The van der Waals surface area contributed by atoms with Crippen molar-refractivity contribution in [1.29, 1.82) is 5.26 Å². The maximum Gasteiger partial charge on any atom is 0.230 e. The molecule has 1 saturated carbocycles. The highest BCUT2D eigenvalue weighted by Crippen LogP contribution is 2.30. The van der Waals surface area contributed by atoms with Crippen LogP contribution in [-0.2, 0) is 0 Å². The van der Waals surface area contributed by atoms with Crippen molar-refractivity contribution in [2.75, 3.05) is 17.2 Å². The Balaban J connectivity index is 2.26. The van der Waals surface area contributed by atoms with Crippen LogP contribution in [0.1, 0.15) is 44.9 Å². The molecule has 0 radical (unpaired) electrons. The summed E-state index contributed by atoms with van der Waals surface area (Å²) in [4.78, 5) is 14.9. The fraction of sp³-hybridized carbons (Fsp3) is 0.667. The fourth-order valence-corrected chi connectivity index (χ4v) is 1.79. The largest absolute Gasteiger partial charge is 0.368 e. The van der Waals surface area contributed by atoms with E-state index in [1.54, 1.807) is 0 Å². The molecule has 1 aromatic rings. The van der Waals surface area contributed by atoms with Crippen LogP contribution in [0.2, 0.25) is 0 Å². The van der Waals surface area contributed by atoms with E-state index in [9.17, 15) is 0 Å². The maximum absolute atomic E-state index is 8.71. The minimum atomic E-state index is 0.214. The van der Waals surface area contributed by atoms with Gasteiger partial charge in [-0.2, -0.15) is 20.2 Å². The van der Waals surface area contributed by atoms with Gasteiger partial charge in [0.1, 0.15) is 5.82 Å². The molecule has 0 atom stereocenters. The summed E-state index contributed by atoms with van der Waals surface area (Å²) >= 11 is 0. The first-order valence-electron chi connectivity index (χ1n) is 6.27. The lowest BCUT2D eigenvalue weighted by Gasteiger charge is -2.21. The van der Waals surface area contributed by atoms with Gasteiger partial charge in [-0.1, -0.05) is 13.8 Å². The molecule has 0 aliphatic heterocycles. The Kier molecular flexibility index (Phi) is 3.60. The molecule has 0 aromatic carbocycles. The molecule has 96 valence electrons. The molecule has 1 heterocycles. The predicted molar refractivity (Wildman–Crippen MR) is 68.9 cm³/mol. The van der Waals surface area contributed by atoms with Crippen LogP contribution in [0.15, 0.2) is 0 Å². The van der Waals surface area contributed by atoms with Crippen LogP contribution in [0.5, 0.6) is 0 Å². The van der Waals surface area contributed by atoms with E-state index in [0.717, 1.165) is 12.8 Å². The molecule has 2 rings (SSSR count). The minimum absolute atomic E-state index is 0.214. The first-order valence-corrected chi connectivity index (χ1v) is 6.27. The molecule has 1 fully saturated rings. The van der Waals surface area contributed by atoms with Crippen LogP contribution in [0.4, 0.5) is 11.9 Å². The van der Waals surface area contributed by atoms with Gasteiger partial charge in [0.05, 0.1) is 12.5 Å². The average molecular weight is 246 g/mol. The lowest BCUT2D eigenvalue weighted by Crippen LogP contribution is -2.29. The van der Waals surface area contributed by atoms with E-state index >= 15 is 0 Å². The van der Waals surface area contributed by atoms with Crippen LogP contribution in [0, 0.1) is 11.3 Å². The number of hydrogen-bond donors (Lipinski definition) is 1. The molecule has 0 unspecified atom stereocenters. The number of nitrogens with two attached hydrogens (primary N) is 1. The fourth-order valence-electron chi connectivity index (χ4n) is 1.79. The van der Waals surface area contributed by atoms with Crippen LogP contribution < -0.4 is 10.6 Å². The van der Waals surface area contributed by atoms with Gasteiger partial charge in [-0.25, -0.2) is 0 Å². The van der Waals surface area contributed by atoms with Crippen LogP contribution in [-0.4, -0.2) is 27.5 Å². The topological polar surface area (TPSA) is 91.7 Å². The van der Waals surface area contributed by atoms with Crippen molar-refractivity contribution in [2.45, 2.75) is 45.1 Å². The van der Waals surface area contributed by atoms with Crippen molar-refractivity contribution in [3.05, 3.63) is 5.82 Å². The van der Waals surface area contributed by atoms with Gasteiger partial charge in [-0.05, 0) is 12.8 Å². The summed E-state index contributed by atoms with van der Waals surface area (Å²) in [6.45, 7) is 4.70. The third-order valence-electron chi connectivity index (χ3n) is 2.88. The first kappa shape index (κ1) is 12.6. The van der Waals surface area contributed by atoms with Crippen molar-refractivity contribution in [3.8, 4) is 6.07 Å². The van der Waals surface area contributed by atoms with E-state index in [4.69, 9.17) is 11.0 Å². The molecule has 6 heteroatoms. The molecule has 0 saturated heterocycles. The molecule has 1 aliphatic rings. The Morgan fingerprint density at radius 2 is 2.11 bits per heavy atom. The molecule has 1 aromatic heterocycles. The summed E-state index contributed by atoms with van der Waals surface area (Å²) in [5, 5.41) is 8.71. The van der Waals surface area contributed by atoms with Crippen LogP contribution >= 0.6 is 0 Å². The summed E-state index contributed by atoms with van der Waals surface area (Å²) in [6, 6.07) is 2.62. The Morgan fingerprint density at radius 1 is 1.39 bits per heavy atom. The van der Waals surface area contributed by atoms with Crippen molar-refractivity contribution in [1.82, 2.24) is 15.0 Å². The van der Waals surface area contributed by atoms with E-state index in [-0.39, 0.29) is 11.9 Å². The monoisotopic (exact) mass is 246 g/mol. The highest BCUT2D eigenvalue weighted by molar-refractivity contribution is 5.38. The SMILES string of the molecule is CC(C)c1nc(N)nc(N(CCC#N)C2CC2)n1. The van der Waals surface area contributed by atoms with Gasteiger partial charge in [0.25, 0.3) is 0 Å². The van der Waals surface area contributed by atoms with E-state index in [1.807, 2.05) is 13.8 Å². The van der Waals surface area contributed by atoms with Gasteiger partial charge < -0.3 is 10.6 Å². The second-order valence-corrected chi connectivity index (χ2v) is 4.84. The third kappa shape index (κ3) is 2.86. The Morgan fingerprint density at radius 3 is 2.67 bits per heavy atom. The van der Waals surface area contributed by atoms with Gasteiger partial charge in [0, 0.05) is 18.5 Å². The summed E-state index contributed by atoms with van der Waals surface area (Å²) < 4.78 is 0. The zero-order valence-corrected chi connectivity index (χ0v) is 10.8. The summed E-state index contributed by atoms with van der Waals surface area (Å²) in [5.74, 6) is 1.79. The van der Waals surface area contributed by atoms with Gasteiger partial charge >= 0.3 is 0 Å². The van der Waals surface area contributed by atoms with Gasteiger partial charge in [0.2, 0.25) is 11.9 Å². The molecule has 0 bridgehead atoms. The molecule has 0 amide bonds. The minimum Gasteiger partial charge on any atom is -0.368 e.